The van der Waals surface area contributed by atoms with Gasteiger partial charge in [-0.05, 0) is 48.7 Å². The minimum absolute atomic E-state index is 0.136. The zero-order chi connectivity index (χ0) is 19.8. The molecule has 4 N–H and O–H groups in total. The van der Waals surface area contributed by atoms with Crippen LogP contribution in [0.1, 0.15) is 22.3 Å². The lowest BCUT2D eigenvalue weighted by atomic mass is 10.0. The van der Waals surface area contributed by atoms with Crippen LogP contribution in [0.2, 0.25) is 0 Å². The van der Waals surface area contributed by atoms with E-state index in [0.29, 0.717) is 29.0 Å². The quantitative estimate of drug-likeness (QED) is 0.530. The van der Waals surface area contributed by atoms with Gasteiger partial charge in [0, 0.05) is 23.6 Å². The number of benzene rings is 1. The lowest BCUT2D eigenvalue weighted by Gasteiger charge is -2.12. The van der Waals surface area contributed by atoms with Crippen LogP contribution < -0.4 is 11.5 Å². The molecule has 0 atom stereocenters. The summed E-state index contributed by atoms with van der Waals surface area (Å²) in [5.41, 5.74) is 18.3. The number of pyridine rings is 1. The predicted molar refractivity (Wildman–Crippen MR) is 107 cm³/mol. The summed E-state index contributed by atoms with van der Waals surface area (Å²) in [7, 11) is 0. The normalized spacial score (nSPS) is 10.9. The van der Waals surface area contributed by atoms with Crippen LogP contribution in [0, 0.1) is 25.2 Å². The van der Waals surface area contributed by atoms with Gasteiger partial charge in [0.2, 0.25) is 5.95 Å². The Bertz CT molecular complexity index is 1230. The van der Waals surface area contributed by atoms with Gasteiger partial charge in [-0.25, -0.2) is 9.67 Å². The lowest BCUT2D eigenvalue weighted by molar-refractivity contribution is 0.698. The van der Waals surface area contributed by atoms with Crippen molar-refractivity contribution in [2.75, 3.05) is 11.5 Å². The number of hydrogen-bond acceptors (Lipinski definition) is 7. The van der Waals surface area contributed by atoms with Crippen LogP contribution in [0.3, 0.4) is 0 Å². The van der Waals surface area contributed by atoms with Gasteiger partial charge in [-0.3, -0.25) is 4.98 Å². The highest BCUT2D eigenvalue weighted by Gasteiger charge is 2.16. The molecule has 3 aromatic heterocycles. The van der Waals surface area contributed by atoms with E-state index < -0.39 is 0 Å². The maximum absolute atomic E-state index is 9.14. The van der Waals surface area contributed by atoms with Crippen molar-refractivity contribution in [2.24, 2.45) is 0 Å². The van der Waals surface area contributed by atoms with Crippen LogP contribution in [0.25, 0.3) is 22.3 Å². The topological polar surface area (TPSA) is 132 Å². The molecule has 0 fully saturated rings. The summed E-state index contributed by atoms with van der Waals surface area (Å²) in [5.74, 6) is 0.136. The number of nitriles is 1. The highest BCUT2D eigenvalue weighted by molar-refractivity contribution is 5.91. The average Bonchev–Trinajstić information content (AvgIpc) is 3.06. The summed E-state index contributed by atoms with van der Waals surface area (Å²) in [5, 5.41) is 14.4. The third-order valence-electron chi connectivity index (χ3n) is 4.68. The van der Waals surface area contributed by atoms with Gasteiger partial charge in [-0.1, -0.05) is 0 Å². The van der Waals surface area contributed by atoms with Crippen LogP contribution in [0.15, 0.2) is 36.8 Å². The molecule has 0 saturated heterocycles. The molecule has 8 nitrogen and oxygen atoms in total. The number of rotatable bonds is 3. The van der Waals surface area contributed by atoms with Gasteiger partial charge in [0.1, 0.15) is 6.07 Å². The molecule has 0 spiro atoms. The molecule has 0 amide bonds. The Morgan fingerprint density at radius 1 is 1.04 bits per heavy atom. The van der Waals surface area contributed by atoms with Crippen molar-refractivity contribution in [3.8, 4) is 17.3 Å². The summed E-state index contributed by atoms with van der Waals surface area (Å²) >= 11 is 0. The highest BCUT2D eigenvalue weighted by atomic mass is 15.3. The molecule has 0 unspecified atom stereocenters. The van der Waals surface area contributed by atoms with Crippen LogP contribution in [0.5, 0.6) is 0 Å². The van der Waals surface area contributed by atoms with Gasteiger partial charge < -0.3 is 11.5 Å². The molecule has 8 heteroatoms. The Balaban J connectivity index is 1.85. The van der Waals surface area contributed by atoms with E-state index >= 15 is 0 Å². The van der Waals surface area contributed by atoms with Crippen molar-refractivity contribution in [2.45, 2.75) is 20.4 Å². The maximum Gasteiger partial charge on any atom is 0.222 e. The molecule has 138 valence electrons. The number of nitrogens with zero attached hydrogens (tertiary/aromatic N) is 6. The average molecular weight is 370 g/mol. The number of fused-ring (bicyclic) bond motifs is 1. The summed E-state index contributed by atoms with van der Waals surface area (Å²) in [6.07, 6.45) is 4.86. The van der Waals surface area contributed by atoms with E-state index in [0.717, 1.165) is 27.8 Å². The van der Waals surface area contributed by atoms with Gasteiger partial charge in [0.25, 0.3) is 0 Å². The van der Waals surface area contributed by atoms with Crippen LogP contribution in [-0.2, 0) is 6.54 Å². The number of nitrogens with two attached hydrogens (primary N) is 2. The molecule has 4 rings (SSSR count). The van der Waals surface area contributed by atoms with E-state index in [9.17, 15) is 0 Å². The zero-order valence-electron chi connectivity index (χ0n) is 15.5. The molecule has 28 heavy (non-hydrogen) atoms. The molecule has 1 aromatic carbocycles. The van der Waals surface area contributed by atoms with E-state index in [-0.39, 0.29) is 5.95 Å². The first-order valence-corrected chi connectivity index (χ1v) is 8.66. The Hall–Kier alpha value is -3.99. The third kappa shape index (κ3) is 2.99. The summed E-state index contributed by atoms with van der Waals surface area (Å²) < 4.78 is 1.80. The molecule has 0 aliphatic rings. The first-order chi connectivity index (χ1) is 13.5. The molecule has 0 aliphatic heterocycles. The molecule has 0 aliphatic carbocycles. The van der Waals surface area contributed by atoms with Gasteiger partial charge in [0.15, 0.2) is 5.65 Å². The Labute approximate surface area is 161 Å². The highest BCUT2D eigenvalue weighted by Crippen LogP contribution is 2.28. The van der Waals surface area contributed by atoms with Crippen molar-refractivity contribution in [1.82, 2.24) is 24.7 Å². The van der Waals surface area contributed by atoms with Crippen molar-refractivity contribution >= 4 is 22.7 Å². The van der Waals surface area contributed by atoms with Crippen molar-refractivity contribution in [3.05, 3.63) is 59.0 Å². The third-order valence-corrected chi connectivity index (χ3v) is 4.68. The van der Waals surface area contributed by atoms with E-state index in [1.807, 2.05) is 26.0 Å². The van der Waals surface area contributed by atoms with Crippen molar-refractivity contribution in [3.63, 3.8) is 0 Å². The van der Waals surface area contributed by atoms with Gasteiger partial charge >= 0.3 is 0 Å². The van der Waals surface area contributed by atoms with Crippen LogP contribution in [-0.4, -0.2) is 24.7 Å². The first kappa shape index (κ1) is 17.4. The predicted octanol–water partition coefficient (Wildman–Crippen LogP) is 2.59. The van der Waals surface area contributed by atoms with Crippen LogP contribution >= 0.6 is 0 Å². The lowest BCUT2D eigenvalue weighted by Crippen LogP contribution is -2.08. The second-order valence-corrected chi connectivity index (χ2v) is 6.68. The monoisotopic (exact) mass is 370 g/mol. The second kappa shape index (κ2) is 6.63. The minimum atomic E-state index is 0.136. The molecular weight excluding hydrogens is 352 g/mol. The van der Waals surface area contributed by atoms with Gasteiger partial charge in [0.05, 0.1) is 29.4 Å². The second-order valence-electron chi connectivity index (χ2n) is 6.68. The SMILES string of the molecule is Cc1cc(N)cc(C)c1Cn1ncc2c(-c3cncc(C#N)c3)nc(N)nc21. The number of aromatic nitrogens is 5. The molecule has 0 radical (unpaired) electrons. The Morgan fingerprint density at radius 2 is 1.79 bits per heavy atom. The number of hydrogen-bond donors (Lipinski definition) is 2. The minimum Gasteiger partial charge on any atom is -0.399 e. The largest absolute Gasteiger partial charge is 0.399 e. The number of aryl methyl sites for hydroxylation is 2. The molecule has 0 bridgehead atoms. The standard InChI is InChI=1S/C20H18N8/c1-11-3-15(22)4-12(2)17(11)10-28-19-16(9-25-28)18(26-20(23)27-19)14-5-13(6-21)7-24-8-14/h3-5,7-9H,10,22H2,1-2H3,(H2,23,26,27). The molecule has 3 heterocycles. The van der Waals surface area contributed by atoms with Crippen molar-refractivity contribution in [1.29, 1.82) is 5.26 Å². The number of nitrogen functional groups attached to an aromatic ring is 2. The van der Waals surface area contributed by atoms with E-state index in [1.54, 1.807) is 23.1 Å². The summed E-state index contributed by atoms with van der Waals surface area (Å²) in [4.78, 5) is 12.9. The van der Waals surface area contributed by atoms with Gasteiger partial charge in [-0.2, -0.15) is 15.3 Å². The fourth-order valence-electron chi connectivity index (χ4n) is 3.36. The van der Waals surface area contributed by atoms with E-state index in [2.05, 4.69) is 26.1 Å². The molecule has 4 aromatic rings. The maximum atomic E-state index is 9.14. The van der Waals surface area contributed by atoms with Crippen LogP contribution in [0.4, 0.5) is 11.6 Å². The smallest absolute Gasteiger partial charge is 0.222 e. The summed E-state index contributed by atoms with van der Waals surface area (Å²) in [6, 6.07) is 7.70. The van der Waals surface area contributed by atoms with Gasteiger partial charge in [-0.15, -0.1) is 0 Å². The zero-order valence-corrected chi connectivity index (χ0v) is 15.5. The summed E-state index contributed by atoms with van der Waals surface area (Å²) in [6.45, 7) is 4.59. The van der Waals surface area contributed by atoms with E-state index in [1.165, 1.54) is 6.20 Å². The molecule has 0 saturated carbocycles. The number of anilines is 2. The van der Waals surface area contributed by atoms with Crippen molar-refractivity contribution < 1.29 is 0 Å². The fourth-order valence-corrected chi connectivity index (χ4v) is 3.36. The first-order valence-electron chi connectivity index (χ1n) is 8.66. The fraction of sp³-hybridized carbons (Fsp3) is 0.150. The Morgan fingerprint density at radius 3 is 2.50 bits per heavy atom. The Kier molecular flexibility index (Phi) is 4.12. The van der Waals surface area contributed by atoms with E-state index in [4.69, 9.17) is 16.7 Å². The molecular formula is C20H18N8.